The number of nitrogens with one attached hydrogen (secondary N) is 1. The minimum absolute atomic E-state index is 0.0376. The van der Waals surface area contributed by atoms with Crippen LogP contribution in [-0.2, 0) is 14.8 Å². The Balaban J connectivity index is 2.38. The SMILES string of the molecule is CCOCCS(=O)(=O)NC1CCCCC1O. The number of rotatable bonds is 6. The molecular weight excluding hydrogens is 230 g/mol. The van der Waals surface area contributed by atoms with Gasteiger partial charge in [0.15, 0.2) is 0 Å². The Kier molecular flexibility index (Phi) is 5.68. The Hall–Kier alpha value is -0.170. The van der Waals surface area contributed by atoms with Crippen molar-refractivity contribution in [3.63, 3.8) is 0 Å². The third-order valence-electron chi connectivity index (χ3n) is 2.76. The summed E-state index contributed by atoms with van der Waals surface area (Å²) in [6, 6.07) is -0.319. The molecule has 0 heterocycles. The number of ether oxygens (including phenoxy) is 1. The average Bonchev–Trinajstić information content (AvgIpc) is 2.21. The van der Waals surface area contributed by atoms with E-state index in [0.29, 0.717) is 13.0 Å². The molecule has 6 heteroatoms. The van der Waals surface area contributed by atoms with E-state index < -0.39 is 16.1 Å². The second-order valence-electron chi connectivity index (χ2n) is 4.09. The second-order valence-corrected chi connectivity index (χ2v) is 5.97. The molecule has 96 valence electrons. The summed E-state index contributed by atoms with van der Waals surface area (Å²) in [6.45, 7) is 2.54. The van der Waals surface area contributed by atoms with E-state index in [1.165, 1.54) is 0 Å². The van der Waals surface area contributed by atoms with Gasteiger partial charge in [-0.25, -0.2) is 13.1 Å². The molecule has 0 bridgehead atoms. The zero-order valence-corrected chi connectivity index (χ0v) is 10.5. The fourth-order valence-electron chi connectivity index (χ4n) is 1.85. The third kappa shape index (κ3) is 4.78. The summed E-state index contributed by atoms with van der Waals surface area (Å²) in [6.07, 6.45) is 2.79. The standard InChI is InChI=1S/C10H21NO4S/c1-2-15-7-8-16(13,14)11-9-5-3-4-6-10(9)12/h9-12H,2-8H2,1H3. The average molecular weight is 251 g/mol. The van der Waals surface area contributed by atoms with Crippen LogP contribution in [0.5, 0.6) is 0 Å². The molecule has 16 heavy (non-hydrogen) atoms. The van der Waals surface area contributed by atoms with Crippen molar-refractivity contribution in [2.24, 2.45) is 0 Å². The number of sulfonamides is 1. The van der Waals surface area contributed by atoms with E-state index in [4.69, 9.17) is 4.74 Å². The molecule has 2 N–H and O–H groups in total. The van der Waals surface area contributed by atoms with Gasteiger partial charge in [0.25, 0.3) is 0 Å². The van der Waals surface area contributed by atoms with E-state index >= 15 is 0 Å². The van der Waals surface area contributed by atoms with Crippen molar-refractivity contribution in [1.82, 2.24) is 4.72 Å². The fraction of sp³-hybridized carbons (Fsp3) is 1.00. The van der Waals surface area contributed by atoms with Crippen LogP contribution in [0.2, 0.25) is 0 Å². The van der Waals surface area contributed by atoms with E-state index in [-0.39, 0.29) is 18.4 Å². The molecule has 1 aliphatic carbocycles. The lowest BCUT2D eigenvalue weighted by atomic mass is 9.93. The highest BCUT2D eigenvalue weighted by atomic mass is 32.2. The quantitative estimate of drug-likeness (QED) is 0.663. The predicted molar refractivity (Wildman–Crippen MR) is 61.7 cm³/mol. The highest BCUT2D eigenvalue weighted by Gasteiger charge is 2.26. The van der Waals surface area contributed by atoms with Gasteiger partial charge in [0.2, 0.25) is 10.0 Å². The van der Waals surface area contributed by atoms with Crippen LogP contribution in [-0.4, -0.2) is 44.6 Å². The second kappa shape index (κ2) is 6.54. The van der Waals surface area contributed by atoms with Crippen molar-refractivity contribution in [1.29, 1.82) is 0 Å². The van der Waals surface area contributed by atoms with Crippen LogP contribution < -0.4 is 4.72 Å². The molecule has 1 fully saturated rings. The van der Waals surface area contributed by atoms with Crippen molar-refractivity contribution in [2.45, 2.75) is 44.8 Å². The number of aliphatic hydroxyl groups is 1. The minimum atomic E-state index is -3.32. The van der Waals surface area contributed by atoms with Crippen LogP contribution in [0.3, 0.4) is 0 Å². The monoisotopic (exact) mass is 251 g/mol. The van der Waals surface area contributed by atoms with Crippen molar-refractivity contribution in [3.8, 4) is 0 Å². The summed E-state index contributed by atoms with van der Waals surface area (Å²) in [4.78, 5) is 0. The first-order valence-electron chi connectivity index (χ1n) is 5.81. The first kappa shape index (κ1) is 13.9. The molecule has 2 unspecified atom stereocenters. The van der Waals surface area contributed by atoms with Gasteiger partial charge in [0.05, 0.1) is 18.5 Å². The smallest absolute Gasteiger partial charge is 0.214 e. The van der Waals surface area contributed by atoms with Gasteiger partial charge in [-0.15, -0.1) is 0 Å². The first-order valence-corrected chi connectivity index (χ1v) is 7.46. The zero-order chi connectivity index (χ0) is 12.0. The van der Waals surface area contributed by atoms with Gasteiger partial charge in [0.1, 0.15) is 0 Å². The van der Waals surface area contributed by atoms with Crippen LogP contribution in [0.25, 0.3) is 0 Å². The third-order valence-corrected chi connectivity index (χ3v) is 4.13. The maximum absolute atomic E-state index is 11.6. The Morgan fingerprint density at radius 3 is 2.69 bits per heavy atom. The van der Waals surface area contributed by atoms with Crippen molar-refractivity contribution >= 4 is 10.0 Å². The Labute approximate surface area is 97.2 Å². The molecule has 0 aliphatic heterocycles. The van der Waals surface area contributed by atoms with E-state index in [1.807, 2.05) is 6.92 Å². The van der Waals surface area contributed by atoms with Crippen LogP contribution in [0.15, 0.2) is 0 Å². The first-order chi connectivity index (χ1) is 7.55. The molecule has 1 rings (SSSR count). The summed E-state index contributed by atoms with van der Waals surface area (Å²) >= 11 is 0. The van der Waals surface area contributed by atoms with Crippen molar-refractivity contribution in [2.75, 3.05) is 19.0 Å². The lowest BCUT2D eigenvalue weighted by molar-refractivity contribution is 0.101. The molecule has 2 atom stereocenters. The summed E-state index contributed by atoms with van der Waals surface area (Å²) in [5.41, 5.74) is 0. The summed E-state index contributed by atoms with van der Waals surface area (Å²) in [5.74, 6) is -0.0376. The molecule has 0 saturated heterocycles. The van der Waals surface area contributed by atoms with Gasteiger partial charge in [-0.3, -0.25) is 0 Å². The summed E-state index contributed by atoms with van der Waals surface area (Å²) < 4.78 is 30.8. The lowest BCUT2D eigenvalue weighted by Gasteiger charge is -2.28. The predicted octanol–water partition coefficient (Wildman–Crippen LogP) is 0.246. The van der Waals surface area contributed by atoms with E-state index in [1.54, 1.807) is 0 Å². The molecular formula is C10H21NO4S. The molecule has 0 aromatic carbocycles. The summed E-state index contributed by atoms with van der Waals surface area (Å²) in [7, 11) is -3.32. The molecule has 0 aromatic heterocycles. The maximum atomic E-state index is 11.6. The number of hydrogen-bond acceptors (Lipinski definition) is 4. The van der Waals surface area contributed by atoms with Gasteiger partial charge in [-0.2, -0.15) is 0 Å². The van der Waals surface area contributed by atoms with Gasteiger partial charge in [-0.05, 0) is 19.8 Å². The van der Waals surface area contributed by atoms with Gasteiger partial charge >= 0.3 is 0 Å². The van der Waals surface area contributed by atoms with Crippen LogP contribution in [0, 0.1) is 0 Å². The fourth-order valence-corrected chi connectivity index (χ4v) is 3.04. The number of aliphatic hydroxyl groups excluding tert-OH is 1. The normalized spacial score (nSPS) is 26.9. The van der Waals surface area contributed by atoms with Crippen LogP contribution in [0.1, 0.15) is 32.6 Å². The van der Waals surface area contributed by atoms with Gasteiger partial charge in [0, 0.05) is 12.6 Å². The van der Waals surface area contributed by atoms with Gasteiger partial charge in [-0.1, -0.05) is 12.8 Å². The Morgan fingerprint density at radius 1 is 1.38 bits per heavy atom. The Morgan fingerprint density at radius 2 is 2.06 bits per heavy atom. The van der Waals surface area contributed by atoms with E-state index in [2.05, 4.69) is 4.72 Å². The topological polar surface area (TPSA) is 75.6 Å². The molecule has 1 saturated carbocycles. The van der Waals surface area contributed by atoms with Crippen molar-refractivity contribution in [3.05, 3.63) is 0 Å². The highest BCUT2D eigenvalue weighted by molar-refractivity contribution is 7.89. The largest absolute Gasteiger partial charge is 0.391 e. The molecule has 0 amide bonds. The molecule has 0 radical (unpaired) electrons. The van der Waals surface area contributed by atoms with E-state index in [0.717, 1.165) is 19.3 Å². The zero-order valence-electron chi connectivity index (χ0n) is 9.68. The summed E-state index contributed by atoms with van der Waals surface area (Å²) in [5, 5.41) is 9.65. The van der Waals surface area contributed by atoms with Crippen molar-refractivity contribution < 1.29 is 18.3 Å². The maximum Gasteiger partial charge on any atom is 0.214 e. The molecule has 0 spiro atoms. The number of hydrogen-bond donors (Lipinski definition) is 2. The Bertz CT molecular complexity index is 291. The van der Waals surface area contributed by atoms with Gasteiger partial charge < -0.3 is 9.84 Å². The molecule has 5 nitrogen and oxygen atoms in total. The molecule has 0 aromatic rings. The lowest BCUT2D eigenvalue weighted by Crippen LogP contribution is -2.46. The molecule has 1 aliphatic rings. The highest BCUT2D eigenvalue weighted by Crippen LogP contribution is 2.18. The van der Waals surface area contributed by atoms with Crippen LogP contribution in [0.4, 0.5) is 0 Å². The van der Waals surface area contributed by atoms with Crippen LogP contribution >= 0.6 is 0 Å². The van der Waals surface area contributed by atoms with E-state index in [9.17, 15) is 13.5 Å². The minimum Gasteiger partial charge on any atom is -0.391 e.